The van der Waals surface area contributed by atoms with Crippen LogP contribution in [0.25, 0.3) is 0 Å². The number of hydrogen-bond acceptors (Lipinski definition) is 0. The Labute approximate surface area is 106 Å². The van der Waals surface area contributed by atoms with E-state index in [4.69, 9.17) is 0 Å². The molecule has 20 heavy (non-hydrogen) atoms. The van der Waals surface area contributed by atoms with E-state index in [1.54, 1.807) is 0 Å². The first kappa shape index (κ1) is 14.2. The van der Waals surface area contributed by atoms with E-state index in [1.165, 1.54) is 26.2 Å². The van der Waals surface area contributed by atoms with Crippen LogP contribution in [0.1, 0.15) is 46.0 Å². The summed E-state index contributed by atoms with van der Waals surface area (Å²) in [5.41, 5.74) is -1.53. The van der Waals surface area contributed by atoms with Crippen molar-refractivity contribution in [3.63, 3.8) is 0 Å². The second-order valence-corrected chi connectivity index (χ2v) is 7.75. The number of hydrogen-bond donors (Lipinski definition) is 0. The Morgan fingerprint density at radius 1 is 1.05 bits per heavy atom. The normalized spacial score (nSPS) is 52.6. The minimum Gasteiger partial charge on any atom is -0.295 e. The van der Waals surface area contributed by atoms with Gasteiger partial charge in [-0.15, -0.1) is 0 Å². The third-order valence-corrected chi connectivity index (χ3v) is 6.81. The van der Waals surface area contributed by atoms with Crippen LogP contribution in [-0.2, 0) is 0 Å². The van der Waals surface area contributed by atoms with E-state index >= 15 is 0 Å². The maximum absolute atomic E-state index is 13.5. The van der Waals surface area contributed by atoms with E-state index in [0.717, 1.165) is 18.3 Å². The van der Waals surface area contributed by atoms with Crippen molar-refractivity contribution >= 4 is 0 Å². The van der Waals surface area contributed by atoms with Crippen LogP contribution in [0, 0.1) is 40.4 Å². The second kappa shape index (κ2) is 3.27. The molecule has 4 aliphatic carbocycles. The summed E-state index contributed by atoms with van der Waals surface area (Å²) in [6, 6.07) is 0. The molecule has 0 N–H and O–H groups in total. The summed E-state index contributed by atoms with van der Waals surface area (Å²) in [6.45, 7) is 3.60. The molecule has 5 heteroatoms. The van der Waals surface area contributed by atoms with E-state index in [-0.39, 0.29) is 5.41 Å². The Morgan fingerprint density at radius 3 is 2.25 bits per heavy atom. The molecular formula is C15H20F3Rf2-. The smallest absolute Gasteiger partial charge is 0.295 e. The van der Waals surface area contributed by atoms with Crippen molar-refractivity contribution in [1.82, 2.24) is 0 Å². The molecule has 0 spiro atoms. The van der Waals surface area contributed by atoms with Crippen molar-refractivity contribution in [1.29, 1.82) is 0 Å². The number of alkyl halides is 3. The molecule has 4 bridgehead atoms. The van der Waals surface area contributed by atoms with Crippen molar-refractivity contribution in [2.24, 2.45) is 34.5 Å². The van der Waals surface area contributed by atoms with Gasteiger partial charge in [0, 0.05) is 0 Å². The van der Waals surface area contributed by atoms with Crippen LogP contribution in [-0.4, -0.2) is 6.18 Å². The van der Waals surface area contributed by atoms with E-state index in [9.17, 15) is 13.2 Å². The van der Waals surface area contributed by atoms with Crippen LogP contribution in [0.4, 0.5) is 13.2 Å². The second-order valence-electron chi connectivity index (χ2n) is 7.75. The molecule has 0 aromatic rings. The largest absolute Gasteiger partial charge is 0.368 e. The fourth-order valence-electron chi connectivity index (χ4n) is 6.41. The van der Waals surface area contributed by atoms with Crippen molar-refractivity contribution in [2.75, 3.05) is 0 Å². The molecule has 4 saturated carbocycles. The number of fused-ring (bicyclic) bond motifs is 9. The predicted molar refractivity (Wildman–Crippen MR) is 62.6 cm³/mol. The summed E-state index contributed by atoms with van der Waals surface area (Å²) >= 11 is 0. The van der Waals surface area contributed by atoms with Crippen molar-refractivity contribution in [3.8, 4) is 0 Å². The first-order valence-electron chi connectivity index (χ1n) is 7.19. The molecule has 4 rings (SSSR count). The molecule has 6 unspecified atom stereocenters. The van der Waals surface area contributed by atoms with Gasteiger partial charge in [0.2, 0.25) is 0 Å². The monoisotopic (exact) mass is 791 g/mol. The summed E-state index contributed by atoms with van der Waals surface area (Å²) in [4.78, 5) is 0. The minimum absolute atomic E-state index is 0. The van der Waals surface area contributed by atoms with Gasteiger partial charge in [0.1, 0.15) is 0 Å². The van der Waals surface area contributed by atoms with Gasteiger partial charge in [0.15, 0.2) is 0 Å². The first-order chi connectivity index (χ1) is 8.26. The quantitative estimate of drug-likeness (QED) is 0.249. The predicted octanol–water partition coefficient (Wildman–Crippen LogP) is 4.61. The van der Waals surface area contributed by atoms with Crippen LogP contribution >= 0.6 is 0 Å². The van der Waals surface area contributed by atoms with Gasteiger partial charge in [-0.25, -0.2) is 0 Å². The molecule has 6 atom stereocenters. The number of halogens is 3. The topological polar surface area (TPSA) is 0 Å². The van der Waals surface area contributed by atoms with Crippen molar-refractivity contribution < 1.29 is 13.2 Å². The summed E-state index contributed by atoms with van der Waals surface area (Å²) in [6.07, 6.45) is 0.723. The SMILES string of the molecule is CC12C[C-](C3C4CCC(C4)C31)C(C)(C(F)(F)F)C2.[Rf].[Rf]. The van der Waals surface area contributed by atoms with E-state index in [2.05, 4.69) is 6.92 Å². The molecular weight excluding hydrogens is 771 g/mol. The van der Waals surface area contributed by atoms with Gasteiger partial charge in [-0.05, 0) is 12.3 Å². The van der Waals surface area contributed by atoms with Crippen LogP contribution < -0.4 is 0 Å². The average Bonchev–Trinajstić information content (AvgIpc) is 2.90. The molecule has 0 heterocycles. The summed E-state index contributed by atoms with van der Waals surface area (Å²) in [7, 11) is 0. The van der Waals surface area contributed by atoms with Gasteiger partial charge >= 0.3 is 6.18 Å². The van der Waals surface area contributed by atoms with Crippen LogP contribution in [0.2, 0.25) is 0 Å². The van der Waals surface area contributed by atoms with Gasteiger partial charge in [-0.3, -0.25) is 5.92 Å². The standard InChI is InChI=1S/C15H20F3.2Rf/c1-13-6-10(14(2,7-13)15(16,17)18)11-8-3-4-9(5-8)12(11)13;;/h8-9,11-12H,3-7H2,1-2H3;;/q-1;;. The van der Waals surface area contributed by atoms with E-state index < -0.39 is 11.6 Å². The molecule has 0 nitrogen and oxygen atoms in total. The Kier molecular flexibility index (Phi) is 2.32. The molecule has 0 aliphatic heterocycles. The van der Waals surface area contributed by atoms with Crippen LogP contribution in [0.5, 0.6) is 0 Å². The van der Waals surface area contributed by atoms with Gasteiger partial charge < -0.3 is 0 Å². The Morgan fingerprint density at radius 2 is 1.65 bits per heavy atom. The van der Waals surface area contributed by atoms with Crippen LogP contribution in [0.3, 0.4) is 0 Å². The zero-order valence-corrected chi connectivity index (χ0v) is 25.2. The molecule has 106 valence electrons. The summed E-state index contributed by atoms with van der Waals surface area (Å²) < 4.78 is 40.4. The molecule has 0 amide bonds. The molecule has 0 aromatic heterocycles. The maximum atomic E-state index is 13.5. The van der Waals surface area contributed by atoms with Gasteiger partial charge in [0.25, 0.3) is 0 Å². The maximum Gasteiger partial charge on any atom is 0.368 e. The Hall–Kier alpha value is -2.21. The van der Waals surface area contributed by atoms with Crippen LogP contribution in [0.15, 0.2) is 0 Å². The molecule has 0 radical (unpaired) electrons. The third kappa shape index (κ3) is 1.15. The third-order valence-electron chi connectivity index (χ3n) is 6.81. The zero-order chi connectivity index (χ0) is 12.9. The van der Waals surface area contributed by atoms with Gasteiger partial charge in [0.05, 0.1) is 0 Å². The molecule has 0 aromatic carbocycles. The fraction of sp³-hybridized carbons (Fsp3) is 0.933. The minimum atomic E-state index is -4.05. The first-order valence-corrected chi connectivity index (χ1v) is 7.19. The zero-order valence-electron chi connectivity index (χ0n) is 12.4. The van der Waals surface area contributed by atoms with Crippen molar-refractivity contribution in [2.45, 2.75) is 52.1 Å². The summed E-state index contributed by atoms with van der Waals surface area (Å²) in [5, 5.41) is 0. The van der Waals surface area contributed by atoms with Crippen molar-refractivity contribution in [3.05, 3.63) is 5.92 Å². The average molecular weight is 791 g/mol. The summed E-state index contributed by atoms with van der Waals surface area (Å²) in [5.74, 6) is 3.10. The van der Waals surface area contributed by atoms with E-state index in [1.807, 2.05) is 0 Å². The molecule has 0 saturated heterocycles. The Bertz CT molecular complexity index is 410. The van der Waals surface area contributed by atoms with E-state index in [0.29, 0.717) is 24.2 Å². The number of rotatable bonds is 0. The molecule has 4 aliphatic rings. The van der Waals surface area contributed by atoms with Gasteiger partial charge in [-0.2, -0.15) is 25.5 Å². The Balaban J connectivity index is 0.000000735. The van der Waals surface area contributed by atoms with Gasteiger partial charge in [-0.1, -0.05) is 55.8 Å². The fourth-order valence-corrected chi connectivity index (χ4v) is 6.41. The molecule has 4 fully saturated rings.